The third-order valence-electron chi connectivity index (χ3n) is 3.22. The van der Waals surface area contributed by atoms with Crippen molar-refractivity contribution < 1.29 is 0 Å². The Bertz CT molecular complexity index is 526. The quantitative estimate of drug-likeness (QED) is 0.744. The molecular weight excluding hydrogens is 220 g/mol. The first-order valence-corrected chi connectivity index (χ1v) is 6.37. The number of benzene rings is 1. The maximum absolute atomic E-state index is 5.85. The number of aryl methyl sites for hydroxylation is 2. The Labute approximate surface area is 100 Å². The van der Waals surface area contributed by atoms with Crippen LogP contribution in [0.5, 0.6) is 0 Å². The van der Waals surface area contributed by atoms with Crippen LogP contribution < -0.4 is 0 Å². The molecule has 0 N–H and O–H groups in total. The van der Waals surface area contributed by atoms with E-state index in [-0.39, 0.29) is 0 Å². The smallest absolute Gasteiger partial charge is 0.111 e. The van der Waals surface area contributed by atoms with Crippen LogP contribution in [0.3, 0.4) is 0 Å². The number of fused-ring (bicyclic) bond motifs is 1. The van der Waals surface area contributed by atoms with E-state index < -0.39 is 0 Å². The van der Waals surface area contributed by atoms with Gasteiger partial charge in [0.1, 0.15) is 5.82 Å². The molecule has 0 amide bonds. The highest BCUT2D eigenvalue weighted by molar-refractivity contribution is 6.17. The molecule has 1 aromatic carbocycles. The average molecular weight is 235 g/mol. The normalized spacial score (nSPS) is 15.9. The summed E-state index contributed by atoms with van der Waals surface area (Å²) in [5, 5.41) is 0. The zero-order valence-electron chi connectivity index (χ0n) is 9.41. The molecule has 3 rings (SSSR count). The first-order valence-electron chi connectivity index (χ1n) is 5.83. The Morgan fingerprint density at radius 1 is 1.44 bits per heavy atom. The van der Waals surface area contributed by atoms with E-state index in [9.17, 15) is 0 Å². The zero-order chi connectivity index (χ0) is 11.1. The highest BCUT2D eigenvalue weighted by atomic mass is 35.5. The molecule has 2 aromatic rings. The van der Waals surface area contributed by atoms with Gasteiger partial charge in [0.25, 0.3) is 0 Å². The number of para-hydroxylation sites is 1. The van der Waals surface area contributed by atoms with Crippen molar-refractivity contribution in [2.45, 2.75) is 32.2 Å². The van der Waals surface area contributed by atoms with Crippen LogP contribution >= 0.6 is 11.6 Å². The fourth-order valence-corrected chi connectivity index (χ4v) is 2.53. The maximum Gasteiger partial charge on any atom is 0.111 e. The van der Waals surface area contributed by atoms with E-state index in [4.69, 9.17) is 16.6 Å². The van der Waals surface area contributed by atoms with Crippen molar-refractivity contribution in [3.05, 3.63) is 29.6 Å². The Hall–Kier alpha value is -1.02. The number of nitrogens with zero attached hydrogens (tertiary/aromatic N) is 2. The molecule has 0 saturated heterocycles. The van der Waals surface area contributed by atoms with Crippen LogP contribution in [0.1, 0.15) is 30.3 Å². The Kier molecular flexibility index (Phi) is 2.40. The second-order valence-corrected chi connectivity index (χ2v) is 4.89. The number of rotatable bonds is 3. The average Bonchev–Trinajstić information content (AvgIpc) is 3.02. The van der Waals surface area contributed by atoms with E-state index in [2.05, 4.69) is 29.7 Å². The molecule has 0 unspecified atom stereocenters. The summed E-state index contributed by atoms with van der Waals surface area (Å²) in [7, 11) is 0. The molecule has 1 fully saturated rings. The molecule has 3 heteroatoms. The predicted molar refractivity (Wildman–Crippen MR) is 67.2 cm³/mol. The van der Waals surface area contributed by atoms with Crippen molar-refractivity contribution in [3.63, 3.8) is 0 Å². The standard InChI is InChI=1S/C13H15ClN2/c1-9-3-2-4-11-13(9)16(10-5-6-10)12(15-11)7-8-14/h2-4,10H,5-8H2,1H3. The summed E-state index contributed by atoms with van der Waals surface area (Å²) in [6.45, 7) is 2.16. The number of alkyl halides is 1. The van der Waals surface area contributed by atoms with Crippen molar-refractivity contribution in [1.82, 2.24) is 9.55 Å². The van der Waals surface area contributed by atoms with E-state index in [1.54, 1.807) is 0 Å². The van der Waals surface area contributed by atoms with Gasteiger partial charge in [0.05, 0.1) is 11.0 Å². The molecule has 1 saturated carbocycles. The summed E-state index contributed by atoms with van der Waals surface area (Å²) in [6.07, 6.45) is 3.44. The second-order valence-electron chi connectivity index (χ2n) is 4.51. The van der Waals surface area contributed by atoms with Gasteiger partial charge in [-0.25, -0.2) is 4.98 Å². The van der Waals surface area contributed by atoms with Gasteiger partial charge < -0.3 is 4.57 Å². The minimum absolute atomic E-state index is 0.648. The van der Waals surface area contributed by atoms with Crippen LogP contribution in [0.4, 0.5) is 0 Å². The minimum Gasteiger partial charge on any atom is -0.325 e. The van der Waals surface area contributed by atoms with Gasteiger partial charge in [-0.05, 0) is 31.4 Å². The van der Waals surface area contributed by atoms with Crippen molar-refractivity contribution in [2.75, 3.05) is 5.88 Å². The lowest BCUT2D eigenvalue weighted by Crippen LogP contribution is -2.02. The molecule has 1 aliphatic carbocycles. The summed E-state index contributed by atoms with van der Waals surface area (Å²) in [5.41, 5.74) is 3.75. The van der Waals surface area contributed by atoms with Gasteiger partial charge in [-0.2, -0.15) is 0 Å². The zero-order valence-corrected chi connectivity index (χ0v) is 10.2. The molecule has 16 heavy (non-hydrogen) atoms. The highest BCUT2D eigenvalue weighted by Gasteiger charge is 2.28. The topological polar surface area (TPSA) is 17.8 Å². The summed E-state index contributed by atoms with van der Waals surface area (Å²) in [4.78, 5) is 4.70. The summed E-state index contributed by atoms with van der Waals surface area (Å²) in [5.74, 6) is 1.80. The molecule has 1 aliphatic rings. The van der Waals surface area contributed by atoms with Crippen LogP contribution in [0.15, 0.2) is 18.2 Å². The van der Waals surface area contributed by atoms with Gasteiger partial charge in [-0.3, -0.25) is 0 Å². The molecule has 0 atom stereocenters. The van der Waals surface area contributed by atoms with E-state index in [0.717, 1.165) is 17.8 Å². The van der Waals surface area contributed by atoms with Crippen molar-refractivity contribution in [2.24, 2.45) is 0 Å². The van der Waals surface area contributed by atoms with Gasteiger partial charge in [0.2, 0.25) is 0 Å². The monoisotopic (exact) mass is 234 g/mol. The van der Waals surface area contributed by atoms with E-state index in [1.165, 1.54) is 23.9 Å². The first kappa shape index (κ1) is 10.2. The van der Waals surface area contributed by atoms with Gasteiger partial charge >= 0.3 is 0 Å². The molecule has 0 radical (unpaired) electrons. The van der Waals surface area contributed by atoms with Gasteiger partial charge in [0.15, 0.2) is 0 Å². The van der Waals surface area contributed by atoms with Gasteiger partial charge in [-0.15, -0.1) is 11.6 Å². The molecule has 2 nitrogen and oxygen atoms in total. The van der Waals surface area contributed by atoms with E-state index in [0.29, 0.717) is 11.9 Å². The Morgan fingerprint density at radius 2 is 2.25 bits per heavy atom. The van der Waals surface area contributed by atoms with Crippen molar-refractivity contribution >= 4 is 22.6 Å². The highest BCUT2D eigenvalue weighted by Crippen LogP contribution is 2.39. The summed E-state index contributed by atoms with van der Waals surface area (Å²) >= 11 is 5.85. The molecule has 1 aromatic heterocycles. The van der Waals surface area contributed by atoms with Crippen LogP contribution in [-0.4, -0.2) is 15.4 Å². The summed E-state index contributed by atoms with van der Waals surface area (Å²) < 4.78 is 2.41. The molecule has 0 aliphatic heterocycles. The van der Waals surface area contributed by atoms with E-state index >= 15 is 0 Å². The molecule has 84 valence electrons. The Morgan fingerprint density at radius 3 is 2.94 bits per heavy atom. The van der Waals surface area contributed by atoms with Crippen LogP contribution in [0, 0.1) is 6.92 Å². The lowest BCUT2D eigenvalue weighted by Gasteiger charge is -2.07. The number of hydrogen-bond acceptors (Lipinski definition) is 1. The summed E-state index contributed by atoms with van der Waals surface area (Å²) in [6, 6.07) is 7.00. The number of imidazole rings is 1. The van der Waals surface area contributed by atoms with Crippen molar-refractivity contribution in [1.29, 1.82) is 0 Å². The van der Waals surface area contributed by atoms with Gasteiger partial charge in [0, 0.05) is 18.3 Å². The fraction of sp³-hybridized carbons (Fsp3) is 0.462. The second kappa shape index (κ2) is 3.77. The number of hydrogen-bond donors (Lipinski definition) is 0. The maximum atomic E-state index is 5.85. The van der Waals surface area contributed by atoms with Crippen LogP contribution in [-0.2, 0) is 6.42 Å². The molecule has 0 bridgehead atoms. The first-order chi connectivity index (χ1) is 7.81. The van der Waals surface area contributed by atoms with Crippen LogP contribution in [0.2, 0.25) is 0 Å². The fourth-order valence-electron chi connectivity index (χ4n) is 2.36. The molecule has 1 heterocycles. The lowest BCUT2D eigenvalue weighted by atomic mass is 10.2. The number of aromatic nitrogens is 2. The molecule has 0 spiro atoms. The lowest BCUT2D eigenvalue weighted by molar-refractivity contribution is 0.708. The number of halogens is 1. The third-order valence-corrected chi connectivity index (χ3v) is 3.40. The minimum atomic E-state index is 0.648. The van der Waals surface area contributed by atoms with Gasteiger partial charge in [-0.1, -0.05) is 12.1 Å². The molecular formula is C13H15ClN2. The van der Waals surface area contributed by atoms with E-state index in [1.807, 2.05) is 0 Å². The van der Waals surface area contributed by atoms with Crippen LogP contribution in [0.25, 0.3) is 11.0 Å². The largest absolute Gasteiger partial charge is 0.325 e. The SMILES string of the molecule is Cc1cccc2nc(CCCl)n(C3CC3)c12. The Balaban J connectivity index is 2.25. The predicted octanol–water partition coefficient (Wildman–Crippen LogP) is 3.46. The van der Waals surface area contributed by atoms with Crippen molar-refractivity contribution in [3.8, 4) is 0 Å². The third kappa shape index (κ3) is 1.52.